The molecule has 0 aromatic heterocycles. The second-order valence-electron chi connectivity index (χ2n) is 19.3. The SMILES string of the molecule is CCCCCCCC/C=C/CCCCCCCCCCCCCC(=O)NCCOP(=O)(O)OCC(O)COC(=O)CCCCCCCCCCCCCCCCCCCCCCCCC. The summed E-state index contributed by atoms with van der Waals surface area (Å²) in [6, 6.07) is 0. The molecule has 65 heavy (non-hydrogen) atoms. The van der Waals surface area contributed by atoms with Gasteiger partial charge in [0, 0.05) is 19.4 Å². The molecule has 0 aliphatic heterocycles. The molecule has 0 spiro atoms. The number of carbonyl (C=O) groups is 2. The molecule has 9 nitrogen and oxygen atoms in total. The quantitative estimate of drug-likeness (QED) is 0.0238. The third-order valence-electron chi connectivity index (χ3n) is 12.7. The lowest BCUT2D eigenvalue weighted by Crippen LogP contribution is -2.27. The van der Waals surface area contributed by atoms with Crippen LogP contribution < -0.4 is 5.32 Å². The van der Waals surface area contributed by atoms with Gasteiger partial charge in [-0.15, -0.1) is 0 Å². The Hall–Kier alpha value is -1.25. The van der Waals surface area contributed by atoms with E-state index in [1.807, 2.05) is 0 Å². The number of phosphoric acid groups is 1. The first-order chi connectivity index (χ1) is 31.8. The molecule has 0 rings (SSSR count). The molecule has 0 radical (unpaired) electrons. The molecule has 1 amide bonds. The lowest BCUT2D eigenvalue weighted by atomic mass is 10.0. The second kappa shape index (κ2) is 52.1. The summed E-state index contributed by atoms with van der Waals surface area (Å²) in [5, 5.41) is 12.8. The summed E-state index contributed by atoms with van der Waals surface area (Å²) in [5.41, 5.74) is 0. The topological polar surface area (TPSA) is 131 Å². The Morgan fingerprint density at radius 2 is 0.785 bits per heavy atom. The van der Waals surface area contributed by atoms with Gasteiger partial charge >= 0.3 is 13.8 Å². The smallest absolute Gasteiger partial charge is 0.463 e. The number of ether oxygens (including phenoxy) is 1. The normalized spacial score (nSPS) is 13.1. The summed E-state index contributed by atoms with van der Waals surface area (Å²) in [4.78, 5) is 34.1. The first-order valence-corrected chi connectivity index (χ1v) is 29.7. The number of amides is 1. The lowest BCUT2D eigenvalue weighted by molar-refractivity contribution is -0.147. The third kappa shape index (κ3) is 53.6. The van der Waals surface area contributed by atoms with E-state index in [9.17, 15) is 24.2 Å². The summed E-state index contributed by atoms with van der Waals surface area (Å²) < 4.78 is 27.1. The molecule has 3 N–H and O–H groups in total. The average molecular weight is 942 g/mol. The second-order valence-corrected chi connectivity index (χ2v) is 20.7. The summed E-state index contributed by atoms with van der Waals surface area (Å²) in [6.45, 7) is 3.62. The molecule has 2 unspecified atom stereocenters. The molecule has 10 heteroatoms. The van der Waals surface area contributed by atoms with Gasteiger partial charge in [-0.25, -0.2) is 4.57 Å². The molecule has 0 aliphatic rings. The molecule has 0 saturated carbocycles. The molecular weight excluding hydrogens is 834 g/mol. The van der Waals surface area contributed by atoms with Crippen LogP contribution in [0.3, 0.4) is 0 Å². The molecule has 0 heterocycles. The highest BCUT2D eigenvalue weighted by molar-refractivity contribution is 7.47. The molecule has 0 fully saturated rings. The van der Waals surface area contributed by atoms with Crippen molar-refractivity contribution in [2.24, 2.45) is 0 Å². The molecule has 0 aliphatic carbocycles. The number of nitrogens with one attached hydrogen (secondary N) is 1. The zero-order valence-electron chi connectivity index (χ0n) is 43.0. The number of carbonyl (C=O) groups excluding carboxylic acids is 2. The Morgan fingerprint density at radius 3 is 1.15 bits per heavy atom. The molecule has 386 valence electrons. The van der Waals surface area contributed by atoms with Gasteiger partial charge in [-0.05, 0) is 38.5 Å². The number of esters is 1. The van der Waals surface area contributed by atoms with Crippen molar-refractivity contribution in [2.75, 3.05) is 26.4 Å². The third-order valence-corrected chi connectivity index (χ3v) is 13.7. The van der Waals surface area contributed by atoms with E-state index in [4.69, 9.17) is 13.8 Å². The highest BCUT2D eigenvalue weighted by Gasteiger charge is 2.23. The van der Waals surface area contributed by atoms with Gasteiger partial charge in [0.25, 0.3) is 0 Å². The van der Waals surface area contributed by atoms with Gasteiger partial charge in [-0.3, -0.25) is 18.6 Å². The van der Waals surface area contributed by atoms with E-state index in [0.29, 0.717) is 12.8 Å². The predicted octanol–water partition coefficient (Wildman–Crippen LogP) is 16.9. The van der Waals surface area contributed by atoms with Gasteiger partial charge in [-0.1, -0.05) is 257 Å². The first-order valence-electron chi connectivity index (χ1n) is 28.2. The number of hydrogen-bond acceptors (Lipinski definition) is 7. The maximum atomic E-state index is 12.2. The van der Waals surface area contributed by atoms with Gasteiger partial charge in [0.1, 0.15) is 12.7 Å². The Morgan fingerprint density at radius 1 is 0.462 bits per heavy atom. The minimum Gasteiger partial charge on any atom is -0.463 e. The van der Waals surface area contributed by atoms with Gasteiger partial charge in [-0.2, -0.15) is 0 Å². The Bertz CT molecular complexity index is 1070. The van der Waals surface area contributed by atoms with Crippen LogP contribution in [0, 0.1) is 0 Å². The van der Waals surface area contributed by atoms with Gasteiger partial charge < -0.3 is 20.1 Å². The Kier molecular flexibility index (Phi) is 51.1. The number of rotatable bonds is 54. The summed E-state index contributed by atoms with van der Waals surface area (Å²) >= 11 is 0. The van der Waals surface area contributed by atoms with Crippen molar-refractivity contribution in [1.82, 2.24) is 5.32 Å². The van der Waals surface area contributed by atoms with Crippen LogP contribution in [0.2, 0.25) is 0 Å². The van der Waals surface area contributed by atoms with E-state index in [0.717, 1.165) is 38.5 Å². The van der Waals surface area contributed by atoms with E-state index < -0.39 is 26.5 Å². The fraction of sp³-hybridized carbons (Fsp3) is 0.927. The maximum absolute atomic E-state index is 12.2. The lowest BCUT2D eigenvalue weighted by Gasteiger charge is -2.15. The highest BCUT2D eigenvalue weighted by atomic mass is 31.2. The van der Waals surface area contributed by atoms with Crippen LogP contribution in [-0.4, -0.2) is 54.3 Å². The van der Waals surface area contributed by atoms with Crippen molar-refractivity contribution in [3.63, 3.8) is 0 Å². The minimum atomic E-state index is -4.42. The van der Waals surface area contributed by atoms with Crippen LogP contribution >= 0.6 is 7.82 Å². The van der Waals surface area contributed by atoms with Crippen LogP contribution in [0.15, 0.2) is 12.2 Å². The van der Waals surface area contributed by atoms with Crippen molar-refractivity contribution in [3.05, 3.63) is 12.2 Å². The average Bonchev–Trinajstić information content (AvgIpc) is 3.29. The fourth-order valence-corrected chi connectivity index (χ4v) is 9.20. The van der Waals surface area contributed by atoms with Crippen molar-refractivity contribution in [1.29, 1.82) is 0 Å². The van der Waals surface area contributed by atoms with Crippen molar-refractivity contribution in [2.45, 2.75) is 302 Å². The van der Waals surface area contributed by atoms with Gasteiger partial charge in [0.2, 0.25) is 5.91 Å². The van der Waals surface area contributed by atoms with Crippen molar-refractivity contribution >= 4 is 19.7 Å². The van der Waals surface area contributed by atoms with Crippen molar-refractivity contribution < 1.29 is 37.9 Å². The maximum Gasteiger partial charge on any atom is 0.472 e. The first kappa shape index (κ1) is 63.8. The Labute approximate surface area is 402 Å². The van der Waals surface area contributed by atoms with Crippen LogP contribution in [0.4, 0.5) is 0 Å². The summed E-state index contributed by atoms with van der Waals surface area (Å²) in [5.74, 6) is -0.500. The zero-order valence-corrected chi connectivity index (χ0v) is 43.9. The number of allylic oxidation sites excluding steroid dienone is 2. The number of aliphatic hydroxyl groups is 1. The molecule has 0 bridgehead atoms. The predicted molar refractivity (Wildman–Crippen MR) is 275 cm³/mol. The number of unbranched alkanes of at least 4 members (excludes halogenated alkanes) is 39. The molecule has 0 aromatic rings. The number of aliphatic hydroxyl groups excluding tert-OH is 1. The summed E-state index contributed by atoms with van der Waals surface area (Å²) in [7, 11) is -4.42. The standard InChI is InChI=1S/C55H108NO8P/c1-3-5-7-9-11-13-15-17-19-21-23-25-26-28-30-32-34-36-38-40-42-44-46-48-55(59)62-51-53(57)52-64-65(60,61)63-50-49-56-54(58)47-45-43-41-39-37-35-33-31-29-27-24-22-20-18-16-14-12-10-8-6-4-2/h18,20,53,57H,3-17,19,21-52H2,1-2H3,(H,56,58)(H,60,61)/b20-18+. The molecular formula is C55H108NO8P. The number of hydrogen-bond donors (Lipinski definition) is 3. The van der Waals surface area contributed by atoms with E-state index in [-0.39, 0.29) is 25.7 Å². The summed E-state index contributed by atoms with van der Waals surface area (Å²) in [6.07, 6.45) is 58.8. The van der Waals surface area contributed by atoms with E-state index >= 15 is 0 Å². The van der Waals surface area contributed by atoms with E-state index in [1.54, 1.807) is 0 Å². The Balaban J connectivity index is 3.49. The monoisotopic (exact) mass is 942 g/mol. The van der Waals surface area contributed by atoms with Crippen LogP contribution in [0.1, 0.15) is 296 Å². The van der Waals surface area contributed by atoms with E-state index in [1.165, 1.54) is 231 Å². The van der Waals surface area contributed by atoms with Crippen LogP contribution in [0.25, 0.3) is 0 Å². The molecule has 2 atom stereocenters. The van der Waals surface area contributed by atoms with Crippen LogP contribution in [0.5, 0.6) is 0 Å². The van der Waals surface area contributed by atoms with Crippen molar-refractivity contribution in [3.8, 4) is 0 Å². The van der Waals surface area contributed by atoms with Gasteiger partial charge in [0.05, 0.1) is 13.2 Å². The molecule has 0 saturated heterocycles. The fourth-order valence-electron chi connectivity index (χ4n) is 8.44. The highest BCUT2D eigenvalue weighted by Crippen LogP contribution is 2.42. The minimum absolute atomic E-state index is 0.0858. The van der Waals surface area contributed by atoms with E-state index in [2.05, 4.69) is 31.3 Å². The largest absolute Gasteiger partial charge is 0.472 e. The zero-order chi connectivity index (χ0) is 47.4. The van der Waals surface area contributed by atoms with Crippen LogP contribution in [-0.2, 0) is 27.9 Å². The number of phosphoric ester groups is 1. The molecule has 0 aromatic carbocycles. The van der Waals surface area contributed by atoms with Gasteiger partial charge in [0.15, 0.2) is 0 Å².